The molecule has 7 heteroatoms. The minimum atomic E-state index is -4.68. The third kappa shape index (κ3) is 2.96. The maximum atomic E-state index is 11.9. The van der Waals surface area contributed by atoms with Gasteiger partial charge in [0.05, 0.1) is 0 Å². The monoisotopic (exact) mass is 243 g/mol. The van der Waals surface area contributed by atoms with Crippen molar-refractivity contribution in [3.8, 4) is 17.1 Å². The Morgan fingerprint density at radius 2 is 1.82 bits per heavy atom. The number of hydrogen-bond donors (Lipinski definition) is 1. The van der Waals surface area contributed by atoms with Crippen LogP contribution < -0.4 is 4.74 Å². The number of aryl methyl sites for hydroxylation is 1. The summed E-state index contributed by atoms with van der Waals surface area (Å²) in [6.45, 7) is 1.73. The van der Waals surface area contributed by atoms with Crippen molar-refractivity contribution < 1.29 is 17.9 Å². The fraction of sp³-hybridized carbons (Fsp3) is 0.200. The molecule has 1 aromatic heterocycles. The first-order chi connectivity index (χ1) is 7.94. The largest absolute Gasteiger partial charge is 0.573 e. The molecule has 0 saturated heterocycles. The van der Waals surface area contributed by atoms with Gasteiger partial charge in [-0.1, -0.05) is 0 Å². The summed E-state index contributed by atoms with van der Waals surface area (Å²) in [6, 6.07) is 5.36. The van der Waals surface area contributed by atoms with Crippen LogP contribution in [0.3, 0.4) is 0 Å². The summed E-state index contributed by atoms with van der Waals surface area (Å²) in [7, 11) is 0. The van der Waals surface area contributed by atoms with Gasteiger partial charge in [-0.3, -0.25) is 5.10 Å². The topological polar surface area (TPSA) is 50.8 Å². The molecule has 17 heavy (non-hydrogen) atoms. The van der Waals surface area contributed by atoms with Crippen molar-refractivity contribution in [1.82, 2.24) is 15.2 Å². The third-order valence-corrected chi connectivity index (χ3v) is 1.94. The summed E-state index contributed by atoms with van der Waals surface area (Å²) in [5.74, 6) is 0.796. The highest BCUT2D eigenvalue weighted by molar-refractivity contribution is 5.55. The van der Waals surface area contributed by atoms with Crippen LogP contribution in [0.5, 0.6) is 5.75 Å². The molecule has 1 heterocycles. The van der Waals surface area contributed by atoms with Crippen LogP contribution in [-0.4, -0.2) is 21.5 Å². The fourth-order valence-corrected chi connectivity index (χ4v) is 1.28. The molecule has 0 atom stereocenters. The number of aromatic amines is 1. The average molecular weight is 243 g/mol. The molecule has 4 nitrogen and oxygen atoms in total. The molecule has 0 fully saturated rings. The Morgan fingerprint density at radius 1 is 1.18 bits per heavy atom. The number of rotatable bonds is 2. The first-order valence-electron chi connectivity index (χ1n) is 4.69. The highest BCUT2D eigenvalue weighted by Crippen LogP contribution is 2.24. The molecule has 1 N–H and O–H groups in total. The summed E-state index contributed by atoms with van der Waals surface area (Å²) >= 11 is 0. The van der Waals surface area contributed by atoms with Crippen molar-refractivity contribution in [3.63, 3.8) is 0 Å². The van der Waals surface area contributed by atoms with E-state index in [4.69, 9.17) is 0 Å². The molecule has 1 aromatic carbocycles. The number of alkyl halides is 3. The second-order valence-corrected chi connectivity index (χ2v) is 3.32. The van der Waals surface area contributed by atoms with Crippen LogP contribution in [0.4, 0.5) is 13.2 Å². The van der Waals surface area contributed by atoms with E-state index in [0.717, 1.165) is 0 Å². The molecule has 0 saturated carbocycles. The lowest BCUT2D eigenvalue weighted by Crippen LogP contribution is -2.16. The molecule has 0 unspecified atom stereocenters. The molecule has 2 rings (SSSR count). The fourth-order valence-electron chi connectivity index (χ4n) is 1.28. The first-order valence-corrected chi connectivity index (χ1v) is 4.69. The van der Waals surface area contributed by atoms with E-state index in [1.54, 1.807) is 6.92 Å². The Morgan fingerprint density at radius 3 is 2.29 bits per heavy atom. The van der Waals surface area contributed by atoms with Gasteiger partial charge in [0, 0.05) is 5.56 Å². The van der Waals surface area contributed by atoms with E-state index in [9.17, 15) is 13.2 Å². The van der Waals surface area contributed by atoms with Crippen LogP contribution >= 0.6 is 0 Å². The van der Waals surface area contributed by atoms with E-state index in [1.165, 1.54) is 24.3 Å². The Bertz CT molecular complexity index is 504. The lowest BCUT2D eigenvalue weighted by atomic mass is 10.2. The molecule has 2 aromatic rings. The van der Waals surface area contributed by atoms with Crippen LogP contribution in [0.25, 0.3) is 11.4 Å². The Hall–Kier alpha value is -2.05. The van der Waals surface area contributed by atoms with Gasteiger partial charge in [0.15, 0.2) is 5.82 Å². The van der Waals surface area contributed by atoms with Crippen molar-refractivity contribution in [2.24, 2.45) is 0 Å². The van der Waals surface area contributed by atoms with Crippen LogP contribution in [0.2, 0.25) is 0 Å². The number of benzene rings is 1. The van der Waals surface area contributed by atoms with Crippen molar-refractivity contribution in [1.29, 1.82) is 0 Å². The van der Waals surface area contributed by atoms with Gasteiger partial charge in [0.1, 0.15) is 11.6 Å². The standard InChI is InChI=1S/C10H8F3N3O/c1-6-14-9(16-15-6)7-2-4-8(5-3-7)17-10(11,12)13/h2-5H,1H3,(H,14,15,16). The van der Waals surface area contributed by atoms with Crippen LogP contribution in [0.15, 0.2) is 24.3 Å². The van der Waals surface area contributed by atoms with Crippen molar-refractivity contribution in [2.45, 2.75) is 13.3 Å². The van der Waals surface area contributed by atoms with Gasteiger partial charge in [0.25, 0.3) is 0 Å². The summed E-state index contributed by atoms with van der Waals surface area (Å²) in [4.78, 5) is 4.06. The molecule has 0 spiro atoms. The SMILES string of the molecule is Cc1nc(-c2ccc(OC(F)(F)F)cc2)n[nH]1. The molecule has 0 aliphatic rings. The van der Waals surface area contributed by atoms with E-state index in [0.29, 0.717) is 17.2 Å². The van der Waals surface area contributed by atoms with E-state index in [1.807, 2.05) is 0 Å². The summed E-state index contributed by atoms with van der Waals surface area (Å²) < 4.78 is 39.5. The van der Waals surface area contributed by atoms with Crippen LogP contribution in [0.1, 0.15) is 5.82 Å². The number of halogens is 3. The Labute approximate surface area is 94.4 Å². The molecular weight excluding hydrogens is 235 g/mol. The van der Waals surface area contributed by atoms with Gasteiger partial charge in [-0.25, -0.2) is 4.98 Å². The second-order valence-electron chi connectivity index (χ2n) is 3.32. The molecule has 0 amide bonds. The van der Waals surface area contributed by atoms with E-state index in [-0.39, 0.29) is 5.75 Å². The van der Waals surface area contributed by atoms with Gasteiger partial charge in [-0.05, 0) is 31.2 Å². The number of hydrogen-bond acceptors (Lipinski definition) is 3. The van der Waals surface area contributed by atoms with Crippen molar-refractivity contribution in [3.05, 3.63) is 30.1 Å². The van der Waals surface area contributed by atoms with E-state index < -0.39 is 6.36 Å². The normalized spacial score (nSPS) is 11.5. The van der Waals surface area contributed by atoms with Crippen LogP contribution in [0, 0.1) is 6.92 Å². The molecular formula is C10H8F3N3O. The highest BCUT2D eigenvalue weighted by atomic mass is 19.4. The zero-order valence-electron chi connectivity index (χ0n) is 8.75. The first kappa shape index (κ1) is 11.4. The molecule has 0 bridgehead atoms. The zero-order chi connectivity index (χ0) is 12.5. The lowest BCUT2D eigenvalue weighted by molar-refractivity contribution is -0.274. The van der Waals surface area contributed by atoms with E-state index >= 15 is 0 Å². The molecule has 0 aliphatic heterocycles. The lowest BCUT2D eigenvalue weighted by Gasteiger charge is -2.08. The quantitative estimate of drug-likeness (QED) is 0.882. The van der Waals surface area contributed by atoms with Gasteiger partial charge in [-0.2, -0.15) is 5.10 Å². The van der Waals surface area contributed by atoms with Gasteiger partial charge in [-0.15, -0.1) is 13.2 Å². The van der Waals surface area contributed by atoms with E-state index in [2.05, 4.69) is 19.9 Å². The number of H-pyrrole nitrogens is 1. The average Bonchev–Trinajstić information content (AvgIpc) is 2.63. The molecule has 90 valence electrons. The van der Waals surface area contributed by atoms with Crippen molar-refractivity contribution in [2.75, 3.05) is 0 Å². The summed E-state index contributed by atoms with van der Waals surface area (Å²) in [5.41, 5.74) is 0.615. The number of aromatic nitrogens is 3. The van der Waals surface area contributed by atoms with Gasteiger partial charge >= 0.3 is 6.36 Å². The maximum absolute atomic E-state index is 11.9. The summed E-state index contributed by atoms with van der Waals surface area (Å²) in [5, 5.41) is 6.54. The summed E-state index contributed by atoms with van der Waals surface area (Å²) in [6.07, 6.45) is -4.68. The predicted molar refractivity (Wildman–Crippen MR) is 53.2 cm³/mol. The number of nitrogens with zero attached hydrogens (tertiary/aromatic N) is 2. The highest BCUT2D eigenvalue weighted by Gasteiger charge is 2.30. The Kier molecular flexibility index (Phi) is 2.74. The zero-order valence-corrected chi connectivity index (χ0v) is 8.75. The minimum absolute atomic E-state index is 0.270. The molecule has 0 aliphatic carbocycles. The van der Waals surface area contributed by atoms with Gasteiger partial charge in [0.2, 0.25) is 0 Å². The second kappa shape index (κ2) is 4.08. The number of ether oxygens (including phenoxy) is 1. The minimum Gasteiger partial charge on any atom is -0.406 e. The third-order valence-electron chi connectivity index (χ3n) is 1.94. The number of nitrogens with one attached hydrogen (secondary N) is 1. The molecule has 0 radical (unpaired) electrons. The Balaban J connectivity index is 2.19. The smallest absolute Gasteiger partial charge is 0.406 e. The van der Waals surface area contributed by atoms with Crippen molar-refractivity contribution >= 4 is 0 Å². The predicted octanol–water partition coefficient (Wildman–Crippen LogP) is 2.68. The van der Waals surface area contributed by atoms with Gasteiger partial charge < -0.3 is 4.74 Å². The maximum Gasteiger partial charge on any atom is 0.573 e. The van der Waals surface area contributed by atoms with Crippen LogP contribution in [-0.2, 0) is 0 Å².